The first-order chi connectivity index (χ1) is 17.8. The van der Waals surface area contributed by atoms with Crippen LogP contribution < -0.4 is 10.5 Å². The van der Waals surface area contributed by atoms with Crippen LogP contribution in [0.1, 0.15) is 29.7 Å². The molecule has 0 atom stereocenters. The standard InChI is InChI=1S/C29H28N4O2S2/c1-19-18-36-29(32-19)33-28(22-12-13-22)26(16-20-10-14-25(15-11-20)37(31,34)35)27(30)24-9-5-8-23(17-24)21-6-3-2-4-7-21/h2-11,14-15,17-18,22,30H,12-13,16H2,1H3,(H,32,33)(H2,31,34,35)/b28-26-,30-27?. The predicted octanol–water partition coefficient (Wildman–Crippen LogP) is 6.15. The maximum Gasteiger partial charge on any atom is 0.238 e. The van der Waals surface area contributed by atoms with Crippen molar-refractivity contribution in [2.24, 2.45) is 11.1 Å². The third kappa shape index (κ3) is 6.05. The molecule has 1 heterocycles. The second kappa shape index (κ2) is 10.4. The molecule has 4 N–H and O–H groups in total. The van der Waals surface area contributed by atoms with Gasteiger partial charge in [-0.15, -0.1) is 11.3 Å². The average Bonchev–Trinajstić information content (AvgIpc) is 3.67. The van der Waals surface area contributed by atoms with E-state index in [0.717, 1.165) is 57.2 Å². The molecule has 1 aliphatic rings. The van der Waals surface area contributed by atoms with Crippen molar-refractivity contribution in [3.05, 3.63) is 112 Å². The Morgan fingerprint density at radius 3 is 2.35 bits per heavy atom. The lowest BCUT2D eigenvalue weighted by Gasteiger charge is -2.18. The average molecular weight is 529 g/mol. The lowest BCUT2D eigenvalue weighted by molar-refractivity contribution is 0.598. The van der Waals surface area contributed by atoms with Gasteiger partial charge in [0.1, 0.15) is 0 Å². The van der Waals surface area contributed by atoms with Crippen LogP contribution in [-0.4, -0.2) is 19.1 Å². The normalized spacial score (nSPS) is 14.2. The molecule has 0 saturated heterocycles. The molecular formula is C29H28N4O2S2. The van der Waals surface area contributed by atoms with Crippen molar-refractivity contribution in [3.8, 4) is 11.1 Å². The summed E-state index contributed by atoms with van der Waals surface area (Å²) < 4.78 is 23.5. The second-order valence-electron chi connectivity index (χ2n) is 9.27. The van der Waals surface area contributed by atoms with Crippen molar-refractivity contribution in [2.75, 3.05) is 5.32 Å². The van der Waals surface area contributed by atoms with Gasteiger partial charge in [-0.1, -0.05) is 60.7 Å². The number of aryl methyl sites for hydroxylation is 1. The highest BCUT2D eigenvalue weighted by Crippen LogP contribution is 2.40. The van der Waals surface area contributed by atoms with Crippen molar-refractivity contribution >= 4 is 32.2 Å². The molecule has 1 fully saturated rings. The molecule has 1 aliphatic carbocycles. The summed E-state index contributed by atoms with van der Waals surface area (Å²) in [5.74, 6) is 0.334. The fourth-order valence-corrected chi connectivity index (χ4v) is 5.52. The van der Waals surface area contributed by atoms with Crippen molar-refractivity contribution in [3.63, 3.8) is 0 Å². The molecule has 0 aliphatic heterocycles. The minimum absolute atomic E-state index is 0.0752. The number of primary sulfonamides is 1. The predicted molar refractivity (Wildman–Crippen MR) is 150 cm³/mol. The van der Waals surface area contributed by atoms with Crippen LogP contribution in [0.25, 0.3) is 11.1 Å². The fourth-order valence-electron chi connectivity index (χ4n) is 4.30. The zero-order chi connectivity index (χ0) is 26.0. The monoisotopic (exact) mass is 528 g/mol. The summed E-state index contributed by atoms with van der Waals surface area (Å²) in [4.78, 5) is 4.67. The van der Waals surface area contributed by atoms with Crippen LogP contribution in [0.2, 0.25) is 0 Å². The SMILES string of the molecule is Cc1csc(N/C(=C(/Cc2ccc(S(N)(=O)=O)cc2)C(=N)c2cccc(-c3ccccc3)c2)C2CC2)n1. The second-order valence-corrected chi connectivity index (χ2v) is 11.7. The van der Waals surface area contributed by atoms with Crippen LogP contribution in [0.3, 0.4) is 0 Å². The Labute approximate surface area is 221 Å². The van der Waals surface area contributed by atoms with Gasteiger partial charge in [0.15, 0.2) is 5.13 Å². The Hall–Kier alpha value is -3.59. The van der Waals surface area contributed by atoms with Gasteiger partial charge in [-0.25, -0.2) is 18.5 Å². The van der Waals surface area contributed by atoms with Crippen molar-refractivity contribution in [1.29, 1.82) is 5.41 Å². The first-order valence-corrected chi connectivity index (χ1v) is 14.5. The maximum atomic E-state index is 11.7. The van der Waals surface area contributed by atoms with Gasteiger partial charge in [0.05, 0.1) is 16.3 Å². The molecule has 0 unspecified atom stereocenters. The quantitative estimate of drug-likeness (QED) is 0.226. The molecule has 0 spiro atoms. The van der Waals surface area contributed by atoms with Crippen molar-refractivity contribution < 1.29 is 8.42 Å². The van der Waals surface area contributed by atoms with Crippen LogP contribution in [0.15, 0.2) is 100 Å². The smallest absolute Gasteiger partial charge is 0.238 e. The number of anilines is 1. The lowest BCUT2D eigenvalue weighted by Crippen LogP contribution is -2.16. The Kier molecular flexibility index (Phi) is 7.06. The molecule has 188 valence electrons. The van der Waals surface area contributed by atoms with E-state index in [9.17, 15) is 13.8 Å². The number of nitrogens with zero attached hydrogens (tertiary/aromatic N) is 1. The first kappa shape index (κ1) is 25.1. The summed E-state index contributed by atoms with van der Waals surface area (Å²) in [6.45, 7) is 1.97. The Balaban J connectivity index is 1.56. The number of nitrogens with two attached hydrogens (primary N) is 1. The molecule has 6 nitrogen and oxygen atoms in total. The van der Waals surface area contributed by atoms with E-state index in [4.69, 9.17) is 5.14 Å². The van der Waals surface area contributed by atoms with Crippen LogP contribution in [0, 0.1) is 18.3 Å². The van der Waals surface area contributed by atoms with Gasteiger partial charge in [0.2, 0.25) is 10.0 Å². The summed E-state index contributed by atoms with van der Waals surface area (Å²) in [5, 5.41) is 21.0. The van der Waals surface area contributed by atoms with Crippen molar-refractivity contribution in [2.45, 2.75) is 31.1 Å². The van der Waals surface area contributed by atoms with Gasteiger partial charge < -0.3 is 5.32 Å². The third-order valence-corrected chi connectivity index (χ3v) is 8.17. The molecule has 0 amide bonds. The highest BCUT2D eigenvalue weighted by atomic mass is 32.2. The lowest BCUT2D eigenvalue weighted by atomic mass is 9.91. The molecule has 4 aromatic rings. The van der Waals surface area contributed by atoms with Gasteiger partial charge in [0, 0.05) is 28.6 Å². The van der Waals surface area contributed by atoms with E-state index in [1.54, 1.807) is 23.5 Å². The molecule has 5 rings (SSSR count). The minimum atomic E-state index is -3.77. The summed E-state index contributed by atoms with van der Waals surface area (Å²) in [7, 11) is -3.77. The Morgan fingerprint density at radius 1 is 1.03 bits per heavy atom. The van der Waals surface area contributed by atoms with Gasteiger partial charge >= 0.3 is 0 Å². The van der Waals surface area contributed by atoms with Crippen LogP contribution in [-0.2, 0) is 16.4 Å². The summed E-state index contributed by atoms with van der Waals surface area (Å²) in [5.41, 5.74) is 7.17. The van der Waals surface area contributed by atoms with E-state index in [1.165, 1.54) is 12.1 Å². The van der Waals surface area contributed by atoms with Crippen LogP contribution >= 0.6 is 11.3 Å². The van der Waals surface area contributed by atoms with Gasteiger partial charge in [-0.2, -0.15) is 0 Å². The fraction of sp³-hybridized carbons (Fsp3) is 0.172. The van der Waals surface area contributed by atoms with Crippen LogP contribution in [0.5, 0.6) is 0 Å². The van der Waals surface area contributed by atoms with Gasteiger partial charge in [-0.3, -0.25) is 5.41 Å². The molecular weight excluding hydrogens is 500 g/mol. The number of sulfonamides is 1. The van der Waals surface area contributed by atoms with Crippen LogP contribution in [0.4, 0.5) is 5.13 Å². The highest BCUT2D eigenvalue weighted by molar-refractivity contribution is 7.89. The number of thiazole rings is 1. The number of nitrogens with one attached hydrogen (secondary N) is 2. The van der Waals surface area contributed by atoms with Crippen molar-refractivity contribution in [1.82, 2.24) is 4.98 Å². The number of benzene rings is 3. The molecule has 0 radical (unpaired) electrons. The van der Waals surface area contributed by atoms with E-state index in [2.05, 4.69) is 34.6 Å². The Morgan fingerprint density at radius 2 is 1.73 bits per heavy atom. The first-order valence-electron chi connectivity index (χ1n) is 12.1. The van der Waals surface area contributed by atoms with E-state index < -0.39 is 10.0 Å². The highest BCUT2D eigenvalue weighted by Gasteiger charge is 2.31. The zero-order valence-electron chi connectivity index (χ0n) is 20.4. The Bertz CT molecular complexity index is 1570. The molecule has 1 aromatic heterocycles. The summed E-state index contributed by atoms with van der Waals surface area (Å²) in [6.07, 6.45) is 2.58. The largest absolute Gasteiger partial charge is 0.335 e. The third-order valence-electron chi connectivity index (χ3n) is 6.36. The number of hydrogen-bond acceptors (Lipinski definition) is 6. The van der Waals surface area contributed by atoms with Gasteiger partial charge in [-0.05, 0) is 60.6 Å². The molecule has 1 saturated carbocycles. The molecule has 8 heteroatoms. The molecule has 0 bridgehead atoms. The summed E-state index contributed by atoms with van der Waals surface area (Å²) >= 11 is 1.55. The van der Waals surface area contributed by atoms with E-state index in [0.29, 0.717) is 18.1 Å². The molecule has 3 aromatic carbocycles. The topological polar surface area (TPSA) is 109 Å². The number of hydrogen-bond donors (Lipinski definition) is 3. The minimum Gasteiger partial charge on any atom is -0.335 e. The maximum absolute atomic E-state index is 11.7. The number of rotatable bonds is 9. The zero-order valence-corrected chi connectivity index (χ0v) is 22.1. The van der Waals surface area contributed by atoms with E-state index in [-0.39, 0.29) is 4.90 Å². The van der Waals surface area contributed by atoms with E-state index >= 15 is 0 Å². The number of aromatic nitrogens is 1. The summed E-state index contributed by atoms with van der Waals surface area (Å²) in [6, 6.07) is 24.8. The molecule has 37 heavy (non-hydrogen) atoms. The number of allylic oxidation sites excluding steroid dienone is 2. The van der Waals surface area contributed by atoms with Gasteiger partial charge in [0.25, 0.3) is 0 Å². The van der Waals surface area contributed by atoms with E-state index in [1.807, 2.05) is 42.6 Å².